The maximum atomic E-state index is 12.2. The Bertz CT molecular complexity index is 682. The van der Waals surface area contributed by atoms with Crippen LogP contribution in [0, 0.1) is 25.7 Å². The van der Waals surface area contributed by atoms with E-state index in [9.17, 15) is 4.79 Å². The number of amides is 1. The van der Waals surface area contributed by atoms with Crippen LogP contribution in [0.15, 0.2) is 24.4 Å². The van der Waals surface area contributed by atoms with Crippen LogP contribution in [0.3, 0.4) is 0 Å². The molecule has 1 unspecified atom stereocenters. The zero-order valence-corrected chi connectivity index (χ0v) is 15.6. The number of nitrogens with zero attached hydrogens (tertiary/aromatic N) is 3. The van der Waals surface area contributed by atoms with E-state index in [-0.39, 0.29) is 36.6 Å². The number of hydrogen-bond donors (Lipinski definition) is 2. The molecule has 1 saturated heterocycles. The Morgan fingerprint density at radius 3 is 2.50 bits per heavy atom. The lowest BCUT2D eigenvalue weighted by atomic mass is 9.88. The lowest BCUT2D eigenvalue weighted by molar-refractivity contribution is -0.121. The zero-order chi connectivity index (χ0) is 15.7. The molecule has 1 atom stereocenters. The highest BCUT2D eigenvalue weighted by atomic mass is 35.5. The molecule has 1 aliphatic rings. The average molecular weight is 372 g/mol. The molecule has 1 fully saturated rings. The topological polar surface area (TPSA) is 71.8 Å². The Hall–Kier alpha value is -1.63. The fraction of sp³-hybridized carbons (Fsp3) is 0.438. The first-order valence-electron chi connectivity index (χ1n) is 7.56. The fourth-order valence-corrected chi connectivity index (χ4v) is 2.58. The first-order chi connectivity index (χ1) is 10.5. The molecule has 2 N–H and O–H groups in total. The number of aromatic nitrogens is 3. The minimum atomic E-state index is 0. The highest BCUT2D eigenvalue weighted by molar-refractivity contribution is 5.92. The van der Waals surface area contributed by atoms with Crippen molar-refractivity contribution in [1.29, 1.82) is 0 Å². The number of carbonyl (C=O) groups excluding carboxylic acids is 1. The first-order valence-corrected chi connectivity index (χ1v) is 7.56. The van der Waals surface area contributed by atoms with E-state index >= 15 is 0 Å². The van der Waals surface area contributed by atoms with Crippen LogP contribution < -0.4 is 10.6 Å². The summed E-state index contributed by atoms with van der Waals surface area (Å²) in [6, 6.07) is 5.73. The summed E-state index contributed by atoms with van der Waals surface area (Å²) in [5.41, 5.74) is 2.71. The Labute approximate surface area is 154 Å². The van der Waals surface area contributed by atoms with Crippen molar-refractivity contribution in [3.63, 3.8) is 0 Å². The monoisotopic (exact) mass is 371 g/mol. The van der Waals surface area contributed by atoms with Crippen LogP contribution in [0.5, 0.6) is 0 Å². The number of hydrogen-bond acceptors (Lipinski definition) is 4. The van der Waals surface area contributed by atoms with Crippen LogP contribution in [-0.4, -0.2) is 33.8 Å². The van der Waals surface area contributed by atoms with Gasteiger partial charge in [0.1, 0.15) is 0 Å². The molecular formula is C16H23Cl2N5O. The Morgan fingerprint density at radius 2 is 2.04 bits per heavy atom. The molecule has 1 amide bonds. The molecule has 1 aliphatic heterocycles. The molecule has 6 nitrogen and oxygen atoms in total. The molecule has 0 aliphatic carbocycles. The molecule has 0 radical (unpaired) electrons. The maximum absolute atomic E-state index is 12.2. The molecule has 0 spiro atoms. The highest BCUT2D eigenvalue weighted by Gasteiger charge is 2.28. The second-order valence-corrected chi connectivity index (χ2v) is 5.94. The molecule has 2 aromatic heterocycles. The van der Waals surface area contributed by atoms with Crippen LogP contribution in [0.4, 0.5) is 5.69 Å². The predicted molar refractivity (Wildman–Crippen MR) is 99.5 cm³/mol. The van der Waals surface area contributed by atoms with Gasteiger partial charge in [0.2, 0.25) is 5.91 Å². The minimum absolute atomic E-state index is 0. The summed E-state index contributed by atoms with van der Waals surface area (Å²) in [7, 11) is 0. The largest absolute Gasteiger partial charge is 0.324 e. The van der Waals surface area contributed by atoms with Crippen LogP contribution in [-0.2, 0) is 4.79 Å². The van der Waals surface area contributed by atoms with Gasteiger partial charge in [-0.1, -0.05) is 6.92 Å². The van der Waals surface area contributed by atoms with Crippen molar-refractivity contribution in [2.45, 2.75) is 20.8 Å². The van der Waals surface area contributed by atoms with Gasteiger partial charge in [-0.15, -0.1) is 24.8 Å². The molecule has 24 heavy (non-hydrogen) atoms. The van der Waals surface area contributed by atoms with E-state index in [1.54, 1.807) is 10.9 Å². The quantitative estimate of drug-likeness (QED) is 0.865. The number of nitrogens with one attached hydrogen (secondary N) is 2. The number of rotatable bonds is 4. The smallest absolute Gasteiger partial charge is 0.227 e. The SMILES string of the molecule is Cc1cc(C)n(-c2ccc(NC(=O)C(C)C3CNC3)cn2)n1.Cl.Cl. The van der Waals surface area contributed by atoms with Crippen LogP contribution in [0.25, 0.3) is 5.82 Å². The number of aryl methyl sites for hydroxylation is 2. The van der Waals surface area contributed by atoms with Gasteiger partial charge in [-0.3, -0.25) is 4.79 Å². The van der Waals surface area contributed by atoms with Gasteiger partial charge in [0.05, 0.1) is 17.6 Å². The standard InChI is InChI=1S/C16H21N5O.2ClH/c1-10-6-11(2)21(20-10)15-5-4-14(9-18-15)19-16(22)12(3)13-7-17-8-13;;/h4-6,9,12-13,17H,7-8H2,1-3H3,(H,19,22);2*1H. The molecule has 0 bridgehead atoms. The molecule has 8 heteroatoms. The summed E-state index contributed by atoms with van der Waals surface area (Å²) in [6.45, 7) is 7.76. The highest BCUT2D eigenvalue weighted by Crippen LogP contribution is 2.18. The number of carbonyl (C=O) groups is 1. The van der Waals surface area contributed by atoms with Gasteiger partial charge in [-0.25, -0.2) is 9.67 Å². The first kappa shape index (κ1) is 20.4. The van der Waals surface area contributed by atoms with Gasteiger partial charge in [-0.05, 0) is 51.1 Å². The van der Waals surface area contributed by atoms with Gasteiger partial charge < -0.3 is 10.6 Å². The van der Waals surface area contributed by atoms with E-state index in [2.05, 4.69) is 20.7 Å². The van der Waals surface area contributed by atoms with Crippen molar-refractivity contribution in [2.75, 3.05) is 18.4 Å². The second kappa shape index (κ2) is 8.46. The van der Waals surface area contributed by atoms with Gasteiger partial charge in [0.25, 0.3) is 0 Å². The number of halogens is 2. The maximum Gasteiger partial charge on any atom is 0.227 e. The Balaban J connectivity index is 0.00000144. The molecule has 3 heterocycles. The van der Waals surface area contributed by atoms with Crippen LogP contribution in [0.2, 0.25) is 0 Å². The summed E-state index contributed by atoms with van der Waals surface area (Å²) >= 11 is 0. The Kier molecular flexibility index (Phi) is 7.20. The summed E-state index contributed by atoms with van der Waals surface area (Å²) in [4.78, 5) is 16.6. The third kappa shape index (κ3) is 4.26. The van der Waals surface area contributed by atoms with E-state index in [1.807, 2.05) is 39.0 Å². The van der Waals surface area contributed by atoms with E-state index < -0.39 is 0 Å². The average Bonchev–Trinajstić information content (AvgIpc) is 2.76. The molecule has 2 aromatic rings. The third-order valence-electron chi connectivity index (χ3n) is 4.18. The van der Waals surface area contributed by atoms with Gasteiger partial charge in [0, 0.05) is 11.6 Å². The van der Waals surface area contributed by atoms with E-state index in [1.165, 1.54) is 0 Å². The van der Waals surface area contributed by atoms with E-state index in [0.29, 0.717) is 5.92 Å². The third-order valence-corrected chi connectivity index (χ3v) is 4.18. The molecular weight excluding hydrogens is 349 g/mol. The Morgan fingerprint density at radius 1 is 1.33 bits per heavy atom. The van der Waals surface area contributed by atoms with Gasteiger partial charge in [-0.2, -0.15) is 5.10 Å². The molecule has 0 aromatic carbocycles. The lowest BCUT2D eigenvalue weighted by Gasteiger charge is -2.31. The van der Waals surface area contributed by atoms with E-state index in [0.717, 1.165) is 36.0 Å². The van der Waals surface area contributed by atoms with Crippen molar-refractivity contribution < 1.29 is 4.79 Å². The second-order valence-electron chi connectivity index (χ2n) is 5.94. The van der Waals surface area contributed by atoms with Gasteiger partial charge >= 0.3 is 0 Å². The van der Waals surface area contributed by atoms with Crippen molar-refractivity contribution >= 4 is 36.4 Å². The summed E-state index contributed by atoms with van der Waals surface area (Å²) in [6.07, 6.45) is 1.68. The van der Waals surface area contributed by atoms with Crippen molar-refractivity contribution in [1.82, 2.24) is 20.1 Å². The number of anilines is 1. The van der Waals surface area contributed by atoms with Crippen LogP contribution in [0.1, 0.15) is 18.3 Å². The zero-order valence-electron chi connectivity index (χ0n) is 13.9. The summed E-state index contributed by atoms with van der Waals surface area (Å²) < 4.78 is 1.80. The molecule has 3 rings (SSSR count). The van der Waals surface area contributed by atoms with Gasteiger partial charge in [0.15, 0.2) is 5.82 Å². The van der Waals surface area contributed by atoms with Crippen molar-refractivity contribution in [2.24, 2.45) is 11.8 Å². The normalized spacial score (nSPS) is 14.8. The number of pyridine rings is 1. The molecule has 0 saturated carbocycles. The minimum Gasteiger partial charge on any atom is -0.324 e. The van der Waals surface area contributed by atoms with Crippen molar-refractivity contribution in [3.05, 3.63) is 35.8 Å². The van der Waals surface area contributed by atoms with Crippen LogP contribution >= 0.6 is 24.8 Å². The summed E-state index contributed by atoms with van der Waals surface area (Å²) in [5.74, 6) is 1.24. The lowest BCUT2D eigenvalue weighted by Crippen LogP contribution is -2.48. The fourth-order valence-electron chi connectivity index (χ4n) is 2.58. The molecule has 132 valence electrons. The van der Waals surface area contributed by atoms with Crippen molar-refractivity contribution in [3.8, 4) is 5.82 Å². The predicted octanol–water partition coefficient (Wildman–Crippen LogP) is 2.52. The summed E-state index contributed by atoms with van der Waals surface area (Å²) in [5, 5.41) is 10.5. The van der Waals surface area contributed by atoms with E-state index in [4.69, 9.17) is 0 Å².